The molecule has 0 aliphatic carbocycles. The molecule has 3 aromatic heterocycles. The molecule has 0 bridgehead atoms. The summed E-state index contributed by atoms with van der Waals surface area (Å²) in [5.74, 6) is 2.59. The Hall–Kier alpha value is -5.55. The van der Waals surface area contributed by atoms with E-state index in [1.807, 2.05) is 103 Å². The summed E-state index contributed by atoms with van der Waals surface area (Å²) in [6.45, 7) is 0. The van der Waals surface area contributed by atoms with E-state index in [2.05, 4.69) is 24.3 Å². The van der Waals surface area contributed by atoms with Gasteiger partial charge in [0.15, 0.2) is 17.5 Å². The molecule has 0 spiro atoms. The third-order valence-corrected chi connectivity index (χ3v) is 7.17. The minimum absolute atomic E-state index is 0.565. The predicted molar refractivity (Wildman–Crippen MR) is 159 cm³/mol. The monoisotopic (exact) mass is 515 g/mol. The SMILES string of the molecule is c1ccc(-c2nc(-c3ccc(-c4cc5ccccc5o4)cc3)nc(-c3cccc4c3oc3ccccc34)n2)cc1. The third-order valence-electron chi connectivity index (χ3n) is 7.17. The molecule has 0 fully saturated rings. The first-order valence-corrected chi connectivity index (χ1v) is 13.1. The van der Waals surface area contributed by atoms with Gasteiger partial charge in [0.05, 0.1) is 5.56 Å². The molecular formula is C35H21N3O2. The highest BCUT2D eigenvalue weighted by Crippen LogP contribution is 2.36. The van der Waals surface area contributed by atoms with Crippen molar-refractivity contribution >= 4 is 32.9 Å². The summed E-state index contributed by atoms with van der Waals surface area (Å²) in [5, 5.41) is 3.18. The maximum absolute atomic E-state index is 6.31. The first-order valence-electron chi connectivity index (χ1n) is 13.1. The molecule has 188 valence electrons. The van der Waals surface area contributed by atoms with Gasteiger partial charge in [0.2, 0.25) is 0 Å². The number of rotatable bonds is 4. The van der Waals surface area contributed by atoms with Gasteiger partial charge in [0.1, 0.15) is 22.5 Å². The van der Waals surface area contributed by atoms with Gasteiger partial charge in [0.25, 0.3) is 0 Å². The highest BCUT2D eigenvalue weighted by molar-refractivity contribution is 6.09. The number of hydrogen-bond acceptors (Lipinski definition) is 5. The van der Waals surface area contributed by atoms with Crippen LogP contribution in [0.5, 0.6) is 0 Å². The van der Waals surface area contributed by atoms with Gasteiger partial charge >= 0.3 is 0 Å². The second-order valence-electron chi connectivity index (χ2n) is 9.68. The van der Waals surface area contributed by atoms with Crippen molar-refractivity contribution in [2.24, 2.45) is 0 Å². The summed E-state index contributed by atoms with van der Waals surface area (Å²) in [5.41, 5.74) is 6.10. The van der Waals surface area contributed by atoms with E-state index < -0.39 is 0 Å². The Morgan fingerprint density at radius 1 is 0.425 bits per heavy atom. The molecule has 0 atom stereocenters. The lowest BCUT2D eigenvalue weighted by molar-refractivity contribution is 0.631. The minimum Gasteiger partial charge on any atom is -0.456 e. The molecule has 3 heterocycles. The van der Waals surface area contributed by atoms with Crippen LogP contribution in [0, 0.1) is 0 Å². The normalized spacial score (nSPS) is 11.5. The van der Waals surface area contributed by atoms with Crippen LogP contribution in [0.1, 0.15) is 0 Å². The summed E-state index contributed by atoms with van der Waals surface area (Å²) >= 11 is 0. The van der Waals surface area contributed by atoms with Crippen LogP contribution in [0.3, 0.4) is 0 Å². The van der Waals surface area contributed by atoms with E-state index in [1.54, 1.807) is 0 Å². The Kier molecular flexibility index (Phi) is 5.07. The third kappa shape index (κ3) is 3.76. The molecule has 0 aliphatic rings. The number of hydrogen-bond donors (Lipinski definition) is 0. The van der Waals surface area contributed by atoms with E-state index in [0.29, 0.717) is 17.5 Å². The van der Waals surface area contributed by atoms with Gasteiger partial charge in [-0.1, -0.05) is 103 Å². The van der Waals surface area contributed by atoms with E-state index in [-0.39, 0.29) is 0 Å². The maximum atomic E-state index is 6.31. The smallest absolute Gasteiger partial charge is 0.167 e. The van der Waals surface area contributed by atoms with Crippen LogP contribution < -0.4 is 0 Å². The average Bonchev–Trinajstić information content (AvgIpc) is 3.63. The summed E-state index contributed by atoms with van der Waals surface area (Å²) in [7, 11) is 0. The van der Waals surface area contributed by atoms with Crippen LogP contribution in [0.4, 0.5) is 0 Å². The zero-order valence-electron chi connectivity index (χ0n) is 21.3. The summed E-state index contributed by atoms with van der Waals surface area (Å²) in [4.78, 5) is 14.7. The van der Waals surface area contributed by atoms with Gasteiger partial charge in [-0.15, -0.1) is 0 Å². The van der Waals surface area contributed by atoms with Crippen molar-refractivity contribution in [3.8, 4) is 45.5 Å². The Morgan fingerprint density at radius 3 is 1.85 bits per heavy atom. The van der Waals surface area contributed by atoms with E-state index in [9.17, 15) is 0 Å². The quantitative estimate of drug-likeness (QED) is 0.234. The standard InChI is InChI=1S/C35H21N3O2/c1-2-9-23(10-3-1)33-36-34(24-19-17-22(18-20-24)31-21-25-11-4-6-15-29(25)39-31)38-35(37-33)28-14-8-13-27-26-12-5-7-16-30(26)40-32(27)28/h1-21H. The fourth-order valence-corrected chi connectivity index (χ4v) is 5.17. The van der Waals surface area contributed by atoms with Crippen LogP contribution in [0.2, 0.25) is 0 Å². The zero-order valence-corrected chi connectivity index (χ0v) is 21.3. The van der Waals surface area contributed by atoms with Crippen LogP contribution in [-0.2, 0) is 0 Å². The van der Waals surface area contributed by atoms with Gasteiger partial charge in [-0.05, 0) is 24.3 Å². The van der Waals surface area contributed by atoms with Crippen molar-refractivity contribution in [3.63, 3.8) is 0 Å². The molecule has 0 N–H and O–H groups in total. The molecule has 0 amide bonds. The predicted octanol–water partition coefficient (Wildman–Crippen LogP) is 9.19. The molecule has 5 aromatic carbocycles. The molecule has 5 heteroatoms. The number of fused-ring (bicyclic) bond motifs is 4. The molecule has 0 aliphatic heterocycles. The summed E-state index contributed by atoms with van der Waals surface area (Å²) < 4.78 is 12.4. The molecule has 8 rings (SSSR count). The maximum Gasteiger partial charge on any atom is 0.167 e. The number of aromatic nitrogens is 3. The zero-order chi connectivity index (χ0) is 26.5. The van der Waals surface area contributed by atoms with Crippen molar-refractivity contribution < 1.29 is 8.83 Å². The molecule has 8 aromatic rings. The lowest BCUT2D eigenvalue weighted by atomic mass is 10.1. The Bertz CT molecular complexity index is 2130. The number of benzene rings is 5. The van der Waals surface area contributed by atoms with Crippen LogP contribution in [0.15, 0.2) is 136 Å². The first kappa shape index (κ1) is 22.4. The molecule has 5 nitrogen and oxygen atoms in total. The number of nitrogens with zero attached hydrogens (tertiary/aromatic N) is 3. The van der Waals surface area contributed by atoms with Crippen molar-refractivity contribution in [1.82, 2.24) is 15.0 Å². The van der Waals surface area contributed by atoms with E-state index in [4.69, 9.17) is 23.8 Å². The second kappa shape index (κ2) is 9.03. The second-order valence-corrected chi connectivity index (χ2v) is 9.68. The van der Waals surface area contributed by atoms with Gasteiger partial charge in [-0.3, -0.25) is 0 Å². The summed E-state index contributed by atoms with van der Waals surface area (Å²) in [6, 6.07) is 42.3. The number of furan rings is 2. The van der Waals surface area contributed by atoms with E-state index in [0.717, 1.165) is 60.9 Å². The Balaban J connectivity index is 1.28. The van der Waals surface area contributed by atoms with Crippen LogP contribution in [-0.4, -0.2) is 15.0 Å². The lowest BCUT2D eigenvalue weighted by Crippen LogP contribution is -2.00. The number of para-hydroxylation sites is 3. The fraction of sp³-hybridized carbons (Fsp3) is 0. The van der Waals surface area contributed by atoms with Crippen molar-refractivity contribution in [2.45, 2.75) is 0 Å². The van der Waals surface area contributed by atoms with Gasteiger partial charge in [-0.2, -0.15) is 0 Å². The Labute approximate surface area is 229 Å². The molecule has 0 unspecified atom stereocenters. The van der Waals surface area contributed by atoms with Crippen molar-refractivity contribution in [1.29, 1.82) is 0 Å². The average molecular weight is 516 g/mol. The molecule has 0 radical (unpaired) electrons. The Morgan fingerprint density at radius 2 is 1.05 bits per heavy atom. The summed E-state index contributed by atoms with van der Waals surface area (Å²) in [6.07, 6.45) is 0. The molecule has 0 saturated carbocycles. The van der Waals surface area contributed by atoms with Gasteiger partial charge in [-0.25, -0.2) is 15.0 Å². The van der Waals surface area contributed by atoms with Gasteiger partial charge in [0, 0.05) is 32.8 Å². The van der Waals surface area contributed by atoms with Crippen molar-refractivity contribution in [2.75, 3.05) is 0 Å². The van der Waals surface area contributed by atoms with E-state index in [1.165, 1.54) is 0 Å². The van der Waals surface area contributed by atoms with Crippen LogP contribution in [0.25, 0.3) is 78.4 Å². The largest absolute Gasteiger partial charge is 0.456 e. The topological polar surface area (TPSA) is 65.0 Å². The highest BCUT2D eigenvalue weighted by Gasteiger charge is 2.17. The molecule has 0 saturated heterocycles. The fourth-order valence-electron chi connectivity index (χ4n) is 5.17. The van der Waals surface area contributed by atoms with E-state index >= 15 is 0 Å². The first-order chi connectivity index (χ1) is 19.8. The minimum atomic E-state index is 0.565. The lowest BCUT2D eigenvalue weighted by Gasteiger charge is -2.09. The van der Waals surface area contributed by atoms with Crippen LogP contribution >= 0.6 is 0 Å². The van der Waals surface area contributed by atoms with Crippen molar-refractivity contribution in [3.05, 3.63) is 127 Å². The highest BCUT2D eigenvalue weighted by atomic mass is 16.3. The molecule has 40 heavy (non-hydrogen) atoms. The van der Waals surface area contributed by atoms with Gasteiger partial charge < -0.3 is 8.83 Å². The molecular weight excluding hydrogens is 494 g/mol.